The van der Waals surface area contributed by atoms with Crippen molar-refractivity contribution in [2.45, 2.75) is 19.9 Å². The highest BCUT2D eigenvalue weighted by molar-refractivity contribution is 6.33. The van der Waals surface area contributed by atoms with Gasteiger partial charge in [-0.15, -0.1) is 0 Å². The van der Waals surface area contributed by atoms with Crippen LogP contribution >= 0.6 is 11.6 Å². The number of carbonyl (C=O) groups excluding carboxylic acids is 1. The van der Waals surface area contributed by atoms with Crippen molar-refractivity contribution in [1.82, 2.24) is 4.90 Å². The van der Waals surface area contributed by atoms with Crippen LogP contribution in [0.2, 0.25) is 5.02 Å². The fraction of sp³-hybridized carbons (Fsp3) is 0.350. The van der Waals surface area contributed by atoms with E-state index in [2.05, 4.69) is 53.2 Å². The molecule has 0 unspecified atom stereocenters. The van der Waals surface area contributed by atoms with Crippen LogP contribution in [0.4, 0.5) is 11.4 Å². The largest absolute Gasteiger partial charge is 0.366 e. The number of piperazine rings is 1. The summed E-state index contributed by atoms with van der Waals surface area (Å²) < 4.78 is 0. The zero-order chi connectivity index (χ0) is 17.8. The van der Waals surface area contributed by atoms with Gasteiger partial charge in [0.05, 0.1) is 17.3 Å². The summed E-state index contributed by atoms with van der Waals surface area (Å²) in [4.78, 5) is 16.9. The summed E-state index contributed by atoms with van der Waals surface area (Å²) in [6.07, 6.45) is 0. The van der Waals surface area contributed by atoms with Gasteiger partial charge in [-0.25, -0.2) is 0 Å². The van der Waals surface area contributed by atoms with Crippen LogP contribution in [0.15, 0.2) is 48.5 Å². The van der Waals surface area contributed by atoms with E-state index < -0.39 is 0 Å². The predicted octanol–water partition coefficient (Wildman–Crippen LogP) is 3.80. The first-order valence-electron chi connectivity index (χ1n) is 8.63. The molecule has 1 aliphatic heterocycles. The minimum Gasteiger partial charge on any atom is -0.366 e. The van der Waals surface area contributed by atoms with E-state index in [1.165, 1.54) is 11.3 Å². The molecule has 0 bridgehead atoms. The number of para-hydroxylation sites is 1. The molecule has 25 heavy (non-hydrogen) atoms. The van der Waals surface area contributed by atoms with E-state index in [0.717, 1.165) is 19.6 Å². The highest BCUT2D eigenvalue weighted by Gasteiger charge is 2.25. The number of hydrogen-bond donors (Lipinski definition) is 1. The zero-order valence-corrected chi connectivity index (χ0v) is 15.5. The molecule has 0 aliphatic carbocycles. The van der Waals surface area contributed by atoms with Gasteiger partial charge in [0, 0.05) is 31.4 Å². The molecule has 2 aromatic rings. The van der Waals surface area contributed by atoms with Crippen molar-refractivity contribution in [1.29, 1.82) is 0 Å². The molecule has 4 nitrogen and oxygen atoms in total. The van der Waals surface area contributed by atoms with Gasteiger partial charge in [0.2, 0.25) is 5.91 Å². The lowest BCUT2D eigenvalue weighted by atomic mass is 10.1. The average Bonchev–Trinajstić information content (AvgIpc) is 2.58. The smallest absolute Gasteiger partial charge is 0.238 e. The standard InChI is InChI=1S/C20H24ClN3O/c1-15-7-9-17(10-8-15)24-12-11-23(13-16(24)2)14-20(25)22-19-6-4-3-5-18(19)21/h3-10,16H,11-14H2,1-2H3,(H,22,25)/t16-/m0/s1. The molecule has 3 rings (SSSR count). The lowest BCUT2D eigenvalue weighted by molar-refractivity contribution is -0.117. The van der Waals surface area contributed by atoms with E-state index in [-0.39, 0.29) is 5.91 Å². The summed E-state index contributed by atoms with van der Waals surface area (Å²) in [5.41, 5.74) is 3.19. The van der Waals surface area contributed by atoms with Crippen molar-refractivity contribution in [3.05, 3.63) is 59.1 Å². The lowest BCUT2D eigenvalue weighted by Crippen LogP contribution is -2.53. The summed E-state index contributed by atoms with van der Waals surface area (Å²) in [5, 5.41) is 3.46. The summed E-state index contributed by atoms with van der Waals surface area (Å²) >= 11 is 6.10. The quantitative estimate of drug-likeness (QED) is 0.904. The number of benzene rings is 2. The minimum atomic E-state index is -0.0240. The van der Waals surface area contributed by atoms with Gasteiger partial charge >= 0.3 is 0 Å². The molecule has 1 fully saturated rings. The SMILES string of the molecule is Cc1ccc(N2CCN(CC(=O)Nc3ccccc3Cl)C[C@@H]2C)cc1. The van der Waals surface area contributed by atoms with Gasteiger partial charge < -0.3 is 10.2 Å². The molecule has 0 spiro atoms. The minimum absolute atomic E-state index is 0.0240. The van der Waals surface area contributed by atoms with Crippen LogP contribution in [0.1, 0.15) is 12.5 Å². The van der Waals surface area contributed by atoms with Gasteiger partial charge in [-0.2, -0.15) is 0 Å². The van der Waals surface area contributed by atoms with Crippen molar-refractivity contribution in [3.8, 4) is 0 Å². The summed E-state index contributed by atoms with van der Waals surface area (Å²) in [6, 6.07) is 16.3. The molecule has 0 radical (unpaired) electrons. The fourth-order valence-corrected chi connectivity index (χ4v) is 3.43. The highest BCUT2D eigenvalue weighted by Crippen LogP contribution is 2.22. The Labute approximate surface area is 154 Å². The van der Waals surface area contributed by atoms with Crippen LogP contribution in [0.25, 0.3) is 0 Å². The second-order valence-electron chi connectivity index (χ2n) is 6.64. The molecule has 1 saturated heterocycles. The van der Waals surface area contributed by atoms with Crippen molar-refractivity contribution in [2.24, 2.45) is 0 Å². The third-order valence-electron chi connectivity index (χ3n) is 4.59. The molecule has 0 saturated carbocycles. The summed E-state index contributed by atoms with van der Waals surface area (Å²) in [5.74, 6) is -0.0240. The second kappa shape index (κ2) is 7.89. The highest BCUT2D eigenvalue weighted by atomic mass is 35.5. The Bertz CT molecular complexity index is 732. The number of rotatable bonds is 4. The molecule has 1 atom stereocenters. The number of carbonyl (C=O) groups is 1. The average molecular weight is 358 g/mol. The Morgan fingerprint density at radius 2 is 1.88 bits per heavy atom. The molecular formula is C20H24ClN3O. The van der Waals surface area contributed by atoms with E-state index in [4.69, 9.17) is 11.6 Å². The van der Waals surface area contributed by atoms with Gasteiger partial charge in [-0.3, -0.25) is 9.69 Å². The van der Waals surface area contributed by atoms with Crippen LogP contribution in [0.3, 0.4) is 0 Å². The number of anilines is 2. The molecule has 5 heteroatoms. The Morgan fingerprint density at radius 1 is 1.16 bits per heavy atom. The van der Waals surface area contributed by atoms with Crippen molar-refractivity contribution >= 4 is 28.9 Å². The molecule has 2 aromatic carbocycles. The third-order valence-corrected chi connectivity index (χ3v) is 4.92. The van der Waals surface area contributed by atoms with E-state index in [0.29, 0.717) is 23.3 Å². The van der Waals surface area contributed by atoms with Crippen LogP contribution in [-0.4, -0.2) is 43.0 Å². The van der Waals surface area contributed by atoms with Gasteiger partial charge in [-0.1, -0.05) is 41.4 Å². The third kappa shape index (κ3) is 4.53. The Balaban J connectivity index is 1.55. The first kappa shape index (κ1) is 17.8. The van der Waals surface area contributed by atoms with Crippen LogP contribution in [0.5, 0.6) is 0 Å². The molecular weight excluding hydrogens is 334 g/mol. The lowest BCUT2D eigenvalue weighted by Gasteiger charge is -2.41. The number of aryl methyl sites for hydroxylation is 1. The molecule has 1 aliphatic rings. The van der Waals surface area contributed by atoms with E-state index in [1.807, 2.05) is 18.2 Å². The zero-order valence-electron chi connectivity index (χ0n) is 14.7. The van der Waals surface area contributed by atoms with Crippen LogP contribution < -0.4 is 10.2 Å². The number of hydrogen-bond acceptors (Lipinski definition) is 3. The van der Waals surface area contributed by atoms with Crippen molar-refractivity contribution in [2.75, 3.05) is 36.4 Å². The topological polar surface area (TPSA) is 35.6 Å². The van der Waals surface area contributed by atoms with Crippen LogP contribution in [-0.2, 0) is 4.79 Å². The number of amides is 1. The number of nitrogens with one attached hydrogen (secondary N) is 1. The Kier molecular flexibility index (Phi) is 5.61. The molecule has 1 heterocycles. The van der Waals surface area contributed by atoms with Gasteiger partial charge in [0.1, 0.15) is 0 Å². The normalized spacial score (nSPS) is 18.2. The first-order chi connectivity index (χ1) is 12.0. The number of nitrogens with zero attached hydrogens (tertiary/aromatic N) is 2. The van der Waals surface area contributed by atoms with E-state index >= 15 is 0 Å². The Hall–Kier alpha value is -2.04. The van der Waals surface area contributed by atoms with Crippen molar-refractivity contribution < 1.29 is 4.79 Å². The maximum Gasteiger partial charge on any atom is 0.238 e. The van der Waals surface area contributed by atoms with Crippen LogP contribution in [0, 0.1) is 6.92 Å². The maximum absolute atomic E-state index is 12.3. The molecule has 1 N–H and O–H groups in total. The van der Waals surface area contributed by atoms with Crippen molar-refractivity contribution in [3.63, 3.8) is 0 Å². The van der Waals surface area contributed by atoms with Gasteiger partial charge in [0.15, 0.2) is 0 Å². The van der Waals surface area contributed by atoms with Gasteiger partial charge in [-0.05, 0) is 38.1 Å². The molecule has 0 aromatic heterocycles. The maximum atomic E-state index is 12.3. The first-order valence-corrected chi connectivity index (χ1v) is 9.01. The Morgan fingerprint density at radius 3 is 2.56 bits per heavy atom. The second-order valence-corrected chi connectivity index (χ2v) is 7.05. The molecule has 132 valence electrons. The predicted molar refractivity (Wildman–Crippen MR) is 105 cm³/mol. The summed E-state index contributed by atoms with van der Waals surface area (Å²) in [6.45, 7) is 7.35. The number of halogens is 1. The molecule has 1 amide bonds. The summed E-state index contributed by atoms with van der Waals surface area (Å²) in [7, 11) is 0. The van der Waals surface area contributed by atoms with Gasteiger partial charge in [0.25, 0.3) is 0 Å². The fourth-order valence-electron chi connectivity index (χ4n) is 3.25. The monoisotopic (exact) mass is 357 g/mol. The van der Waals surface area contributed by atoms with E-state index in [1.54, 1.807) is 6.07 Å². The van der Waals surface area contributed by atoms with E-state index in [9.17, 15) is 4.79 Å².